The molecule has 0 amide bonds. The second-order valence-corrected chi connectivity index (χ2v) is 8.10. The van der Waals surface area contributed by atoms with E-state index in [4.69, 9.17) is 27.1 Å². The molecular weight excluding hydrogens is 187 g/mol. The summed E-state index contributed by atoms with van der Waals surface area (Å²) < 4.78 is 5.38. The van der Waals surface area contributed by atoms with Crippen molar-refractivity contribution in [2.75, 3.05) is 12.5 Å². The van der Waals surface area contributed by atoms with E-state index in [1.165, 1.54) is 0 Å². The predicted molar refractivity (Wildman–Crippen MR) is 49.2 cm³/mol. The van der Waals surface area contributed by atoms with Crippen LogP contribution in [0.2, 0.25) is 12.6 Å². The first-order valence-electron chi connectivity index (χ1n) is 3.51. The van der Waals surface area contributed by atoms with Crippen molar-refractivity contribution < 1.29 is 4.43 Å². The van der Waals surface area contributed by atoms with Crippen molar-refractivity contribution in [3.63, 3.8) is 0 Å². The Labute approximate surface area is 73.5 Å². The van der Waals surface area contributed by atoms with Crippen LogP contribution < -0.4 is 0 Å². The smallest absolute Gasteiger partial charge is 0.287 e. The van der Waals surface area contributed by atoms with E-state index in [1.54, 1.807) is 0 Å². The molecule has 0 radical (unpaired) electrons. The van der Waals surface area contributed by atoms with E-state index in [0.717, 1.165) is 12.5 Å². The van der Waals surface area contributed by atoms with Crippen LogP contribution in [0.3, 0.4) is 0 Å². The number of rotatable bonds is 5. The third-order valence-electron chi connectivity index (χ3n) is 1.20. The molecule has 1 unspecified atom stereocenters. The molecule has 0 aromatic carbocycles. The third kappa shape index (κ3) is 5.53. The second kappa shape index (κ2) is 5.41. The molecule has 0 bridgehead atoms. The number of halogens is 2. The average Bonchev–Trinajstić information content (AvgIpc) is 1.84. The standard InChI is InChI=1S/C6H14Cl2OSi/c1-3-9-10(2,8)6-4-5-7/h3-6H2,1-2H3. The molecule has 0 N–H and O–H groups in total. The number of hydrogen-bond acceptors (Lipinski definition) is 1. The lowest BCUT2D eigenvalue weighted by molar-refractivity contribution is 0.338. The van der Waals surface area contributed by atoms with Gasteiger partial charge in [-0.1, -0.05) is 0 Å². The second-order valence-electron chi connectivity index (χ2n) is 2.33. The SMILES string of the molecule is CCO[Si](C)(Cl)CCCCl. The maximum Gasteiger partial charge on any atom is 0.287 e. The first-order valence-corrected chi connectivity index (χ1v) is 7.67. The molecule has 1 nitrogen and oxygen atoms in total. The number of hydrogen-bond donors (Lipinski definition) is 0. The van der Waals surface area contributed by atoms with Gasteiger partial charge in [-0.2, -0.15) is 0 Å². The van der Waals surface area contributed by atoms with Gasteiger partial charge in [0, 0.05) is 12.5 Å². The fourth-order valence-corrected chi connectivity index (χ4v) is 3.40. The first kappa shape index (κ1) is 10.8. The summed E-state index contributed by atoms with van der Waals surface area (Å²) in [6.45, 7) is 4.69. The molecule has 0 spiro atoms. The quantitative estimate of drug-likeness (QED) is 0.377. The Morgan fingerprint density at radius 3 is 2.50 bits per heavy atom. The van der Waals surface area contributed by atoms with Crippen molar-refractivity contribution in [2.24, 2.45) is 0 Å². The van der Waals surface area contributed by atoms with Gasteiger partial charge in [0.15, 0.2) is 0 Å². The highest BCUT2D eigenvalue weighted by molar-refractivity contribution is 7.16. The summed E-state index contributed by atoms with van der Waals surface area (Å²) in [7, 11) is -1.84. The van der Waals surface area contributed by atoms with E-state index in [1.807, 2.05) is 13.5 Å². The van der Waals surface area contributed by atoms with Gasteiger partial charge < -0.3 is 4.43 Å². The Balaban J connectivity index is 3.42. The Kier molecular flexibility index (Phi) is 5.82. The summed E-state index contributed by atoms with van der Waals surface area (Å²) >= 11 is 11.6. The Morgan fingerprint density at radius 2 is 2.10 bits per heavy atom. The average molecular weight is 201 g/mol. The highest BCUT2D eigenvalue weighted by atomic mass is 35.6. The minimum absolute atomic E-state index is 0.683. The molecule has 0 fully saturated rings. The van der Waals surface area contributed by atoms with Crippen molar-refractivity contribution in [3.05, 3.63) is 0 Å². The molecule has 62 valence electrons. The molecule has 0 aliphatic rings. The molecule has 0 aromatic rings. The summed E-state index contributed by atoms with van der Waals surface area (Å²) in [4.78, 5) is 0. The lowest BCUT2D eigenvalue weighted by Crippen LogP contribution is -2.27. The van der Waals surface area contributed by atoms with Gasteiger partial charge in [-0.15, -0.1) is 22.7 Å². The maximum atomic E-state index is 6.07. The zero-order valence-electron chi connectivity index (χ0n) is 6.49. The van der Waals surface area contributed by atoms with Crippen molar-refractivity contribution in [1.82, 2.24) is 0 Å². The van der Waals surface area contributed by atoms with E-state index in [0.29, 0.717) is 12.5 Å². The Morgan fingerprint density at radius 1 is 1.50 bits per heavy atom. The molecule has 1 atom stereocenters. The van der Waals surface area contributed by atoms with Gasteiger partial charge in [0.05, 0.1) is 0 Å². The van der Waals surface area contributed by atoms with Crippen molar-refractivity contribution in [1.29, 1.82) is 0 Å². The van der Waals surface area contributed by atoms with Crippen LogP contribution in [0, 0.1) is 0 Å². The summed E-state index contributed by atoms with van der Waals surface area (Å²) in [6, 6.07) is 0.950. The highest BCUT2D eigenvalue weighted by Gasteiger charge is 2.24. The van der Waals surface area contributed by atoms with Crippen LogP contribution in [0.5, 0.6) is 0 Å². The molecular formula is C6H14Cl2OSi. The summed E-state index contributed by atoms with van der Waals surface area (Å²) in [6.07, 6.45) is 0.966. The zero-order chi connectivity index (χ0) is 8.04. The van der Waals surface area contributed by atoms with Crippen LogP contribution in [-0.2, 0) is 4.43 Å². The fourth-order valence-electron chi connectivity index (χ4n) is 0.756. The van der Waals surface area contributed by atoms with Crippen molar-refractivity contribution in [2.45, 2.75) is 25.9 Å². The highest BCUT2D eigenvalue weighted by Crippen LogP contribution is 2.18. The molecule has 0 rings (SSSR count). The van der Waals surface area contributed by atoms with Gasteiger partial charge >= 0.3 is 0 Å². The van der Waals surface area contributed by atoms with Crippen LogP contribution in [-0.4, -0.2) is 20.1 Å². The molecule has 0 saturated heterocycles. The Hall–Kier alpha value is 0.757. The molecule has 4 heteroatoms. The van der Waals surface area contributed by atoms with E-state index in [9.17, 15) is 0 Å². The normalized spacial score (nSPS) is 16.8. The fraction of sp³-hybridized carbons (Fsp3) is 1.00. The largest absolute Gasteiger partial charge is 0.403 e. The monoisotopic (exact) mass is 200 g/mol. The van der Waals surface area contributed by atoms with E-state index in [2.05, 4.69) is 0 Å². The minimum Gasteiger partial charge on any atom is -0.403 e. The van der Waals surface area contributed by atoms with Gasteiger partial charge in [0.2, 0.25) is 0 Å². The van der Waals surface area contributed by atoms with Gasteiger partial charge in [-0.3, -0.25) is 0 Å². The van der Waals surface area contributed by atoms with Gasteiger partial charge in [0.1, 0.15) is 0 Å². The van der Waals surface area contributed by atoms with Crippen molar-refractivity contribution in [3.8, 4) is 0 Å². The summed E-state index contributed by atoms with van der Waals surface area (Å²) in [5.74, 6) is 0.683. The van der Waals surface area contributed by atoms with Gasteiger partial charge in [0.25, 0.3) is 7.63 Å². The summed E-state index contributed by atoms with van der Waals surface area (Å²) in [5, 5.41) is 0. The van der Waals surface area contributed by atoms with Gasteiger partial charge in [-0.25, -0.2) is 0 Å². The Bertz CT molecular complexity index is 87.8. The van der Waals surface area contributed by atoms with Crippen LogP contribution in [0.1, 0.15) is 13.3 Å². The van der Waals surface area contributed by atoms with Crippen LogP contribution in [0.4, 0.5) is 0 Å². The first-order chi connectivity index (χ1) is 4.62. The topological polar surface area (TPSA) is 9.23 Å². The molecule has 0 aromatic heterocycles. The molecule has 0 aliphatic carbocycles. The number of alkyl halides is 1. The lowest BCUT2D eigenvalue weighted by Gasteiger charge is -2.17. The summed E-state index contributed by atoms with van der Waals surface area (Å²) in [5.41, 5.74) is 0. The molecule has 0 saturated carbocycles. The molecule has 10 heavy (non-hydrogen) atoms. The lowest BCUT2D eigenvalue weighted by atomic mass is 10.6. The van der Waals surface area contributed by atoms with Crippen LogP contribution >= 0.6 is 22.7 Å². The molecule has 0 aliphatic heterocycles. The van der Waals surface area contributed by atoms with E-state index < -0.39 is 7.63 Å². The van der Waals surface area contributed by atoms with Crippen LogP contribution in [0.15, 0.2) is 0 Å². The molecule has 0 heterocycles. The van der Waals surface area contributed by atoms with Gasteiger partial charge in [-0.05, 0) is 25.9 Å². The maximum absolute atomic E-state index is 6.07. The van der Waals surface area contributed by atoms with Crippen LogP contribution in [0.25, 0.3) is 0 Å². The third-order valence-corrected chi connectivity index (χ3v) is 4.50. The van der Waals surface area contributed by atoms with Crippen molar-refractivity contribution >= 4 is 30.3 Å². The zero-order valence-corrected chi connectivity index (χ0v) is 9.00. The minimum atomic E-state index is -1.84. The van der Waals surface area contributed by atoms with E-state index in [-0.39, 0.29) is 0 Å². The predicted octanol–water partition coefficient (Wildman–Crippen LogP) is 2.96. The van der Waals surface area contributed by atoms with E-state index >= 15 is 0 Å².